The number of nitrogen functional groups attached to an aromatic ring is 1. The Hall–Kier alpha value is -2.50. The van der Waals surface area contributed by atoms with Gasteiger partial charge in [-0.05, 0) is 25.1 Å². The van der Waals surface area contributed by atoms with Gasteiger partial charge in [0.2, 0.25) is 0 Å². The molecule has 4 nitrogen and oxygen atoms in total. The highest BCUT2D eigenvalue weighted by Gasteiger charge is 2.14. The number of hydrogen-bond acceptors (Lipinski definition) is 3. The van der Waals surface area contributed by atoms with Gasteiger partial charge in [0.15, 0.2) is 11.6 Å². The minimum atomic E-state index is -1.13. The van der Waals surface area contributed by atoms with Crippen LogP contribution in [0.25, 0.3) is 0 Å². The summed E-state index contributed by atoms with van der Waals surface area (Å²) in [5.41, 5.74) is 5.93. The van der Waals surface area contributed by atoms with Crippen molar-refractivity contribution in [3.8, 4) is 0 Å². The lowest BCUT2D eigenvalue weighted by atomic mass is 10.1. The lowest BCUT2D eigenvalue weighted by Gasteiger charge is -2.08. The Morgan fingerprint density at radius 2 is 1.95 bits per heavy atom. The molecule has 98 valence electrons. The second-order valence-corrected chi connectivity index (χ2v) is 3.97. The van der Waals surface area contributed by atoms with Crippen LogP contribution in [0.1, 0.15) is 16.1 Å². The summed E-state index contributed by atoms with van der Waals surface area (Å²) in [5.74, 6) is -2.55. The highest BCUT2D eigenvalue weighted by molar-refractivity contribution is 6.07. The van der Waals surface area contributed by atoms with Gasteiger partial charge in [-0.1, -0.05) is 6.07 Å². The summed E-state index contributed by atoms with van der Waals surface area (Å²) in [6.45, 7) is 1.77. The zero-order chi connectivity index (χ0) is 14.0. The van der Waals surface area contributed by atoms with E-state index in [9.17, 15) is 13.6 Å². The minimum absolute atomic E-state index is 0.135. The normalized spacial score (nSPS) is 10.3. The molecule has 0 unspecified atom stereocenters. The van der Waals surface area contributed by atoms with Gasteiger partial charge >= 0.3 is 0 Å². The highest BCUT2D eigenvalue weighted by Crippen LogP contribution is 2.18. The molecule has 1 aromatic heterocycles. The van der Waals surface area contributed by atoms with Crippen molar-refractivity contribution in [3.63, 3.8) is 0 Å². The summed E-state index contributed by atoms with van der Waals surface area (Å²) >= 11 is 0. The van der Waals surface area contributed by atoms with Crippen LogP contribution in [-0.2, 0) is 0 Å². The summed E-state index contributed by atoms with van der Waals surface area (Å²) in [5, 5.41) is 2.47. The van der Waals surface area contributed by atoms with Crippen molar-refractivity contribution in [2.75, 3.05) is 11.1 Å². The molecule has 6 heteroatoms. The number of amides is 1. The molecule has 0 aliphatic heterocycles. The van der Waals surface area contributed by atoms with Gasteiger partial charge in [0.1, 0.15) is 5.82 Å². The summed E-state index contributed by atoms with van der Waals surface area (Å²) in [7, 11) is 0. The number of benzene rings is 1. The molecule has 0 aliphatic rings. The number of pyridine rings is 1. The Kier molecular flexibility index (Phi) is 3.41. The van der Waals surface area contributed by atoms with Crippen molar-refractivity contribution in [2.45, 2.75) is 6.92 Å². The third-order valence-corrected chi connectivity index (χ3v) is 2.47. The first-order valence-electron chi connectivity index (χ1n) is 5.47. The maximum atomic E-state index is 13.1. The zero-order valence-electron chi connectivity index (χ0n) is 10.1. The van der Waals surface area contributed by atoms with E-state index in [2.05, 4.69) is 10.3 Å². The quantitative estimate of drug-likeness (QED) is 0.818. The van der Waals surface area contributed by atoms with Crippen LogP contribution < -0.4 is 11.1 Å². The van der Waals surface area contributed by atoms with E-state index in [1.807, 2.05) is 0 Å². The molecule has 3 N–H and O–H groups in total. The molecule has 0 saturated heterocycles. The number of nitrogens with zero attached hydrogens (tertiary/aromatic N) is 1. The van der Waals surface area contributed by atoms with Gasteiger partial charge in [-0.2, -0.15) is 0 Å². The van der Waals surface area contributed by atoms with Crippen molar-refractivity contribution in [2.24, 2.45) is 0 Å². The number of nitrogens with two attached hydrogens (primary N) is 1. The maximum absolute atomic E-state index is 13.1. The molecule has 2 rings (SSSR count). The maximum Gasteiger partial charge on any atom is 0.259 e. The van der Waals surface area contributed by atoms with E-state index in [4.69, 9.17) is 5.73 Å². The van der Waals surface area contributed by atoms with Crippen LogP contribution in [0.2, 0.25) is 0 Å². The van der Waals surface area contributed by atoms with Gasteiger partial charge in [-0.3, -0.25) is 4.79 Å². The summed E-state index contributed by atoms with van der Waals surface area (Å²) in [6.07, 6.45) is 0. The predicted molar refractivity (Wildman–Crippen MR) is 67.7 cm³/mol. The standard InChI is InChI=1S/C13H11F2N3O/c1-7-3-2-4-12(17-7)18-13(19)8-5-9(14)10(15)6-11(8)16/h2-6H,16H2,1H3,(H,17,18,19). The molecular weight excluding hydrogens is 252 g/mol. The first kappa shape index (κ1) is 12.9. The molecule has 1 aromatic carbocycles. The Balaban J connectivity index is 2.28. The molecule has 0 fully saturated rings. The molecular formula is C13H11F2N3O. The number of halogens is 2. The Labute approximate surface area is 108 Å². The topological polar surface area (TPSA) is 68.0 Å². The molecule has 0 aliphatic carbocycles. The molecule has 1 heterocycles. The number of anilines is 2. The molecule has 0 saturated carbocycles. The van der Waals surface area contributed by atoms with E-state index in [1.165, 1.54) is 0 Å². The number of carbonyl (C=O) groups excluding carboxylic acids is 1. The fourth-order valence-corrected chi connectivity index (χ4v) is 1.56. The van der Waals surface area contributed by atoms with Gasteiger partial charge in [0.05, 0.1) is 5.56 Å². The monoisotopic (exact) mass is 263 g/mol. The van der Waals surface area contributed by atoms with Crippen molar-refractivity contribution in [1.29, 1.82) is 0 Å². The fraction of sp³-hybridized carbons (Fsp3) is 0.0769. The van der Waals surface area contributed by atoms with Crippen molar-refractivity contribution < 1.29 is 13.6 Å². The predicted octanol–water partition coefficient (Wildman–Crippen LogP) is 2.50. The first-order chi connectivity index (χ1) is 8.97. The van der Waals surface area contributed by atoms with Crippen LogP contribution in [0.15, 0.2) is 30.3 Å². The summed E-state index contributed by atoms with van der Waals surface area (Å²) < 4.78 is 26.0. The fourth-order valence-electron chi connectivity index (χ4n) is 1.56. The van der Waals surface area contributed by atoms with Gasteiger partial charge in [-0.25, -0.2) is 13.8 Å². The van der Waals surface area contributed by atoms with Crippen LogP contribution in [0.3, 0.4) is 0 Å². The van der Waals surface area contributed by atoms with E-state index >= 15 is 0 Å². The largest absolute Gasteiger partial charge is 0.398 e. The van der Waals surface area contributed by atoms with E-state index in [1.54, 1.807) is 25.1 Å². The number of carbonyl (C=O) groups is 1. The molecule has 0 spiro atoms. The Morgan fingerprint density at radius 3 is 2.63 bits per heavy atom. The second-order valence-electron chi connectivity index (χ2n) is 3.97. The van der Waals surface area contributed by atoms with Crippen LogP contribution in [0.5, 0.6) is 0 Å². The SMILES string of the molecule is Cc1cccc(NC(=O)c2cc(F)c(F)cc2N)n1. The number of hydrogen-bond donors (Lipinski definition) is 2. The van der Waals surface area contributed by atoms with E-state index in [0.29, 0.717) is 5.82 Å². The highest BCUT2D eigenvalue weighted by atomic mass is 19.2. The number of aromatic nitrogens is 1. The van der Waals surface area contributed by atoms with Crippen LogP contribution in [-0.4, -0.2) is 10.9 Å². The molecule has 0 bridgehead atoms. The van der Waals surface area contributed by atoms with E-state index in [-0.39, 0.29) is 11.3 Å². The summed E-state index contributed by atoms with van der Waals surface area (Å²) in [4.78, 5) is 16.0. The minimum Gasteiger partial charge on any atom is -0.398 e. The van der Waals surface area contributed by atoms with Crippen molar-refractivity contribution in [1.82, 2.24) is 4.98 Å². The van der Waals surface area contributed by atoms with Gasteiger partial charge in [0, 0.05) is 17.4 Å². The first-order valence-corrected chi connectivity index (χ1v) is 5.47. The van der Waals surface area contributed by atoms with Crippen molar-refractivity contribution in [3.05, 3.63) is 53.2 Å². The van der Waals surface area contributed by atoms with E-state index < -0.39 is 17.5 Å². The number of nitrogens with one attached hydrogen (secondary N) is 1. The average molecular weight is 263 g/mol. The molecule has 1 amide bonds. The van der Waals surface area contributed by atoms with Gasteiger partial charge in [0.25, 0.3) is 5.91 Å². The van der Waals surface area contributed by atoms with E-state index in [0.717, 1.165) is 17.8 Å². The van der Waals surface area contributed by atoms with Crippen LogP contribution >= 0.6 is 0 Å². The molecule has 0 radical (unpaired) electrons. The summed E-state index contributed by atoms with van der Waals surface area (Å²) in [6, 6.07) is 6.60. The van der Waals surface area contributed by atoms with Crippen LogP contribution in [0, 0.1) is 18.6 Å². The molecule has 19 heavy (non-hydrogen) atoms. The number of aryl methyl sites for hydroxylation is 1. The van der Waals surface area contributed by atoms with Gasteiger partial charge in [-0.15, -0.1) is 0 Å². The smallest absolute Gasteiger partial charge is 0.259 e. The number of rotatable bonds is 2. The Bertz CT molecular complexity index is 644. The Morgan fingerprint density at radius 1 is 1.26 bits per heavy atom. The molecule has 2 aromatic rings. The lowest BCUT2D eigenvalue weighted by Crippen LogP contribution is -2.15. The van der Waals surface area contributed by atoms with Crippen LogP contribution in [0.4, 0.5) is 20.3 Å². The average Bonchev–Trinajstić information content (AvgIpc) is 2.33. The molecule has 0 atom stereocenters. The van der Waals surface area contributed by atoms with Crippen molar-refractivity contribution >= 4 is 17.4 Å². The van der Waals surface area contributed by atoms with Gasteiger partial charge < -0.3 is 11.1 Å². The zero-order valence-corrected chi connectivity index (χ0v) is 10.1. The third kappa shape index (κ3) is 2.85. The lowest BCUT2D eigenvalue weighted by molar-refractivity contribution is 0.102. The second kappa shape index (κ2) is 5.01. The third-order valence-electron chi connectivity index (χ3n) is 2.47.